The van der Waals surface area contributed by atoms with Crippen LogP contribution in [0.2, 0.25) is 0 Å². The first-order chi connectivity index (χ1) is 10.2. The normalized spacial score (nSPS) is 33.1. The maximum atomic E-state index is 12.7. The predicted octanol–water partition coefficient (Wildman–Crippen LogP) is 0.803. The zero-order chi connectivity index (χ0) is 14.8. The van der Waals surface area contributed by atoms with Gasteiger partial charge in [-0.3, -0.25) is 4.79 Å². The number of rotatable bonds is 2. The molecule has 4 atom stereocenters. The second-order valence-corrected chi connectivity index (χ2v) is 6.06. The van der Waals surface area contributed by atoms with Gasteiger partial charge in [0.25, 0.3) is 0 Å². The summed E-state index contributed by atoms with van der Waals surface area (Å²) < 4.78 is 0. The molecule has 2 aliphatic rings. The lowest BCUT2D eigenvalue weighted by Gasteiger charge is -2.39. The number of hydrogen-bond donors (Lipinski definition) is 3. The minimum Gasteiger partial charge on any atom is -0.336 e. The van der Waals surface area contributed by atoms with Crippen LogP contribution < -0.4 is 16.2 Å². The van der Waals surface area contributed by atoms with Crippen molar-refractivity contribution in [3.63, 3.8) is 0 Å². The molecule has 3 N–H and O–H groups in total. The van der Waals surface area contributed by atoms with Crippen molar-refractivity contribution >= 4 is 5.91 Å². The van der Waals surface area contributed by atoms with Gasteiger partial charge in [-0.05, 0) is 25.8 Å². The molecule has 2 heterocycles. The summed E-state index contributed by atoms with van der Waals surface area (Å²) >= 11 is 0. The van der Waals surface area contributed by atoms with Gasteiger partial charge in [-0.2, -0.15) is 0 Å². The summed E-state index contributed by atoms with van der Waals surface area (Å²) in [5.74, 6) is 0.210. The molecule has 5 heteroatoms. The molecule has 0 bridgehead atoms. The Morgan fingerprint density at radius 2 is 1.95 bits per heavy atom. The molecule has 0 aliphatic carbocycles. The highest BCUT2D eigenvalue weighted by atomic mass is 16.2. The molecule has 2 fully saturated rings. The Morgan fingerprint density at radius 3 is 2.71 bits per heavy atom. The van der Waals surface area contributed by atoms with Crippen LogP contribution in [0.15, 0.2) is 30.3 Å². The van der Waals surface area contributed by atoms with E-state index >= 15 is 0 Å². The van der Waals surface area contributed by atoms with E-state index in [0.29, 0.717) is 6.04 Å². The van der Waals surface area contributed by atoms with Crippen molar-refractivity contribution in [1.82, 2.24) is 21.1 Å². The molecule has 114 valence electrons. The molecule has 3 rings (SSSR count). The smallest absolute Gasteiger partial charge is 0.241 e. The third-order valence-electron chi connectivity index (χ3n) is 4.72. The topological polar surface area (TPSA) is 56.4 Å². The minimum atomic E-state index is -0.136. The number of piperazine rings is 1. The van der Waals surface area contributed by atoms with Crippen molar-refractivity contribution in [3.05, 3.63) is 35.9 Å². The fourth-order valence-electron chi connectivity index (χ4n) is 3.19. The standard InChI is InChI=1S/C16H24N4O/c1-11-12(2)20(9-8-17-11)16(21)15-10-14(18-19-15)13-6-4-3-5-7-13/h3-7,11-12,14-15,17-19H,8-10H2,1-2H3. The van der Waals surface area contributed by atoms with E-state index in [4.69, 9.17) is 0 Å². The van der Waals surface area contributed by atoms with Gasteiger partial charge in [-0.1, -0.05) is 30.3 Å². The third-order valence-corrected chi connectivity index (χ3v) is 4.72. The van der Waals surface area contributed by atoms with Crippen molar-refractivity contribution in [3.8, 4) is 0 Å². The first kappa shape index (κ1) is 14.5. The van der Waals surface area contributed by atoms with Gasteiger partial charge in [-0.15, -0.1) is 0 Å². The largest absolute Gasteiger partial charge is 0.336 e. The van der Waals surface area contributed by atoms with Crippen LogP contribution in [0.4, 0.5) is 0 Å². The van der Waals surface area contributed by atoms with Crippen LogP contribution in [0.1, 0.15) is 31.9 Å². The van der Waals surface area contributed by atoms with Crippen molar-refractivity contribution in [2.75, 3.05) is 13.1 Å². The summed E-state index contributed by atoms with van der Waals surface area (Å²) in [6.45, 7) is 5.92. The van der Waals surface area contributed by atoms with Crippen LogP contribution in [-0.2, 0) is 4.79 Å². The molecule has 2 aliphatic heterocycles. The Balaban J connectivity index is 1.64. The van der Waals surface area contributed by atoms with Crippen LogP contribution in [-0.4, -0.2) is 42.0 Å². The lowest BCUT2D eigenvalue weighted by Crippen LogP contribution is -2.60. The van der Waals surface area contributed by atoms with Crippen LogP contribution in [0, 0.1) is 0 Å². The molecule has 2 saturated heterocycles. The first-order valence-electron chi connectivity index (χ1n) is 7.76. The Morgan fingerprint density at radius 1 is 1.19 bits per heavy atom. The number of carbonyl (C=O) groups is 1. The SMILES string of the molecule is CC1NCCN(C(=O)C2CC(c3ccccc3)NN2)C1C. The number of benzene rings is 1. The second kappa shape index (κ2) is 6.13. The van der Waals surface area contributed by atoms with E-state index in [1.54, 1.807) is 0 Å². The monoisotopic (exact) mass is 288 g/mol. The fraction of sp³-hybridized carbons (Fsp3) is 0.562. The number of carbonyl (C=O) groups excluding carboxylic acids is 1. The van der Waals surface area contributed by atoms with Gasteiger partial charge in [0.1, 0.15) is 6.04 Å². The fourth-order valence-corrected chi connectivity index (χ4v) is 3.19. The van der Waals surface area contributed by atoms with Crippen LogP contribution in [0.5, 0.6) is 0 Å². The van der Waals surface area contributed by atoms with Gasteiger partial charge in [0.15, 0.2) is 0 Å². The molecule has 1 amide bonds. The van der Waals surface area contributed by atoms with E-state index in [9.17, 15) is 4.79 Å². The van der Waals surface area contributed by atoms with Crippen LogP contribution in [0.3, 0.4) is 0 Å². The molecule has 0 saturated carbocycles. The number of hydrazine groups is 1. The summed E-state index contributed by atoms with van der Waals surface area (Å²) in [5, 5.41) is 3.41. The molecule has 1 aromatic rings. The summed E-state index contributed by atoms with van der Waals surface area (Å²) in [5.41, 5.74) is 7.66. The molecule has 5 nitrogen and oxygen atoms in total. The van der Waals surface area contributed by atoms with Gasteiger partial charge < -0.3 is 10.2 Å². The molecule has 0 aromatic heterocycles. The summed E-state index contributed by atoms with van der Waals surface area (Å²) in [7, 11) is 0. The number of nitrogens with zero attached hydrogens (tertiary/aromatic N) is 1. The first-order valence-corrected chi connectivity index (χ1v) is 7.76. The van der Waals surface area contributed by atoms with Crippen LogP contribution in [0.25, 0.3) is 0 Å². The van der Waals surface area contributed by atoms with E-state index in [0.717, 1.165) is 19.5 Å². The summed E-state index contributed by atoms with van der Waals surface area (Å²) in [4.78, 5) is 14.7. The van der Waals surface area contributed by atoms with Gasteiger partial charge in [0.05, 0.1) is 0 Å². The molecular formula is C16H24N4O. The average Bonchev–Trinajstić information content (AvgIpc) is 3.00. The molecule has 4 unspecified atom stereocenters. The Labute approximate surface area is 126 Å². The molecule has 0 spiro atoms. The number of hydrogen-bond acceptors (Lipinski definition) is 4. The Bertz CT molecular complexity index is 492. The zero-order valence-electron chi connectivity index (χ0n) is 12.7. The quantitative estimate of drug-likeness (QED) is 0.753. The average molecular weight is 288 g/mol. The van der Waals surface area contributed by atoms with E-state index in [1.165, 1.54) is 5.56 Å². The Hall–Kier alpha value is -1.43. The molecule has 1 aromatic carbocycles. The minimum absolute atomic E-state index is 0.136. The van der Waals surface area contributed by atoms with E-state index < -0.39 is 0 Å². The molecule has 0 radical (unpaired) electrons. The third kappa shape index (κ3) is 2.95. The van der Waals surface area contributed by atoms with Gasteiger partial charge in [0.2, 0.25) is 5.91 Å². The summed E-state index contributed by atoms with van der Waals surface area (Å²) in [6, 6.07) is 10.9. The van der Waals surface area contributed by atoms with E-state index in [2.05, 4.69) is 42.1 Å². The number of amides is 1. The van der Waals surface area contributed by atoms with Crippen LogP contribution >= 0.6 is 0 Å². The zero-order valence-corrected chi connectivity index (χ0v) is 12.7. The molecular weight excluding hydrogens is 264 g/mol. The van der Waals surface area contributed by atoms with Gasteiger partial charge in [-0.25, -0.2) is 10.9 Å². The predicted molar refractivity (Wildman–Crippen MR) is 82.5 cm³/mol. The highest BCUT2D eigenvalue weighted by Gasteiger charge is 2.36. The molecule has 21 heavy (non-hydrogen) atoms. The van der Waals surface area contributed by atoms with E-state index in [1.807, 2.05) is 23.1 Å². The maximum absolute atomic E-state index is 12.7. The van der Waals surface area contributed by atoms with Gasteiger partial charge >= 0.3 is 0 Å². The number of nitrogens with one attached hydrogen (secondary N) is 3. The maximum Gasteiger partial charge on any atom is 0.241 e. The van der Waals surface area contributed by atoms with Crippen molar-refractivity contribution < 1.29 is 4.79 Å². The van der Waals surface area contributed by atoms with Gasteiger partial charge in [0, 0.05) is 31.2 Å². The summed E-state index contributed by atoms with van der Waals surface area (Å²) in [6.07, 6.45) is 0.799. The van der Waals surface area contributed by atoms with Crippen molar-refractivity contribution in [1.29, 1.82) is 0 Å². The highest BCUT2D eigenvalue weighted by molar-refractivity contribution is 5.82. The van der Waals surface area contributed by atoms with Crippen molar-refractivity contribution in [2.24, 2.45) is 0 Å². The van der Waals surface area contributed by atoms with Crippen molar-refractivity contribution in [2.45, 2.75) is 44.4 Å². The second-order valence-electron chi connectivity index (χ2n) is 6.06. The lowest BCUT2D eigenvalue weighted by atomic mass is 10.00. The lowest BCUT2D eigenvalue weighted by molar-refractivity contribution is -0.136. The van der Waals surface area contributed by atoms with E-state index in [-0.39, 0.29) is 24.0 Å². The Kier molecular flexibility index (Phi) is 4.24. The highest BCUT2D eigenvalue weighted by Crippen LogP contribution is 2.23.